The molecule has 1 aromatic heterocycles. The summed E-state index contributed by atoms with van der Waals surface area (Å²) in [5.74, 6) is 0.591. The number of anilines is 2. The molecule has 0 bridgehead atoms. The van der Waals surface area contributed by atoms with E-state index in [1.165, 1.54) is 102 Å². The predicted molar refractivity (Wildman–Crippen MR) is 256 cm³/mol. The number of fused-ring (bicyclic) bond motifs is 12. The molecule has 2 nitrogen and oxygen atoms in total. The van der Waals surface area contributed by atoms with Crippen LogP contribution in [0.2, 0.25) is 0 Å². The van der Waals surface area contributed by atoms with E-state index in [0.717, 1.165) is 0 Å². The third-order valence-electron chi connectivity index (χ3n) is 16.8. The van der Waals surface area contributed by atoms with Crippen molar-refractivity contribution in [3.63, 3.8) is 0 Å². The van der Waals surface area contributed by atoms with Crippen molar-refractivity contribution in [3.8, 4) is 0 Å². The summed E-state index contributed by atoms with van der Waals surface area (Å²) in [5.41, 5.74) is 20.3. The van der Waals surface area contributed by atoms with E-state index in [9.17, 15) is 0 Å². The van der Waals surface area contributed by atoms with Crippen LogP contribution in [0, 0.1) is 0 Å². The number of benzene rings is 4. The SMILES string of the molecule is CC(C)(C)c1ccc2c(c1)C1=C(B3c4cc(C(C)(C)C)cc5c4N(c4cc(C6CCCCC6)c6c7cc(C(C)(C)C)ccc7n1c6c43)C1(C)CCCCC51C)S2(C)C. The summed E-state index contributed by atoms with van der Waals surface area (Å²) in [6.45, 7) is 27.3. The lowest BCUT2D eigenvalue weighted by molar-refractivity contribution is 0.195. The third-order valence-corrected chi connectivity index (χ3v) is 19.8. The first-order chi connectivity index (χ1) is 27.2. The average molecular weight is 787 g/mol. The minimum absolute atomic E-state index is 0.0192. The Bertz CT molecular complexity index is 2680. The van der Waals surface area contributed by atoms with E-state index in [2.05, 4.69) is 153 Å². The molecule has 0 N–H and O–H groups in total. The van der Waals surface area contributed by atoms with Gasteiger partial charge in [0.05, 0.1) is 22.3 Å². The maximum Gasteiger partial charge on any atom is 0.258 e. The van der Waals surface area contributed by atoms with Crippen molar-refractivity contribution in [3.05, 3.63) is 92.8 Å². The summed E-state index contributed by atoms with van der Waals surface area (Å²) in [6, 6.07) is 23.6. The molecule has 5 heterocycles. The third kappa shape index (κ3) is 4.60. The zero-order valence-corrected chi connectivity index (χ0v) is 38.8. The smallest absolute Gasteiger partial charge is 0.258 e. The number of hydrogen-bond acceptors (Lipinski definition) is 1. The first kappa shape index (κ1) is 37.6. The van der Waals surface area contributed by atoms with Crippen LogP contribution in [0.3, 0.4) is 0 Å². The second kappa shape index (κ2) is 11.5. The highest BCUT2D eigenvalue weighted by atomic mass is 32.3. The molecular formula is C54H67BN2S. The molecule has 5 aromatic rings. The average Bonchev–Trinajstić information content (AvgIpc) is 3.70. The van der Waals surface area contributed by atoms with Gasteiger partial charge in [-0.3, -0.25) is 0 Å². The summed E-state index contributed by atoms with van der Waals surface area (Å²) in [7, 11) is -1.38. The Morgan fingerprint density at radius 3 is 2.05 bits per heavy atom. The molecule has 2 saturated carbocycles. The number of hydrogen-bond donors (Lipinski definition) is 0. The maximum atomic E-state index is 3.01. The second-order valence-corrected chi connectivity index (χ2v) is 27.1. The topological polar surface area (TPSA) is 8.17 Å². The van der Waals surface area contributed by atoms with E-state index in [1.807, 2.05) is 0 Å². The van der Waals surface area contributed by atoms with E-state index in [1.54, 1.807) is 48.5 Å². The van der Waals surface area contributed by atoms with E-state index in [-0.39, 0.29) is 33.9 Å². The number of rotatable bonds is 1. The highest BCUT2D eigenvalue weighted by Gasteiger charge is 2.62. The normalized spacial score (nSPS) is 25.3. The van der Waals surface area contributed by atoms with Gasteiger partial charge in [0.25, 0.3) is 6.71 Å². The van der Waals surface area contributed by atoms with Crippen LogP contribution < -0.4 is 15.8 Å². The minimum Gasteiger partial charge on any atom is -0.335 e. The zero-order valence-electron chi connectivity index (χ0n) is 38.0. The standard InChI is InChI=1S/C54H67BN2S/c1-50(2,3)33-21-23-41-37(27-33)44-36(32-19-15-14-16-20-32)31-42-45-48(44)56(41)46-38-28-34(51(4,5)6)22-24-43(38)58(12,13)49(46)55(45)40-30-35(52(7,8)9)29-39-47(40)57(42)54(11)26-18-17-25-53(39,54)10/h21-24,27-32H,14-20,25-26H2,1-13H3. The van der Waals surface area contributed by atoms with Crippen molar-refractivity contribution in [1.29, 1.82) is 0 Å². The number of nitrogens with zero attached hydrogens (tertiary/aromatic N) is 2. The van der Waals surface area contributed by atoms with Gasteiger partial charge in [0.15, 0.2) is 0 Å². The largest absolute Gasteiger partial charge is 0.335 e. The van der Waals surface area contributed by atoms with Crippen LogP contribution >= 0.6 is 10.0 Å². The molecule has 0 saturated heterocycles. The van der Waals surface area contributed by atoms with E-state index in [0.29, 0.717) is 5.92 Å². The molecule has 0 amide bonds. The molecule has 6 aliphatic rings. The Labute approximate surface area is 351 Å². The lowest BCUT2D eigenvalue weighted by Gasteiger charge is -2.52. The van der Waals surface area contributed by atoms with Crippen LogP contribution in [-0.2, 0) is 21.7 Å². The molecule has 2 unspecified atom stereocenters. The van der Waals surface area contributed by atoms with Crippen molar-refractivity contribution in [1.82, 2.24) is 4.57 Å². The van der Waals surface area contributed by atoms with Crippen molar-refractivity contribution in [2.75, 3.05) is 17.4 Å². The molecule has 4 aromatic carbocycles. The molecule has 2 atom stereocenters. The van der Waals surface area contributed by atoms with Gasteiger partial charge in [-0.2, -0.15) is 0 Å². The minimum atomic E-state index is -1.38. The molecule has 0 radical (unpaired) electrons. The zero-order chi connectivity index (χ0) is 40.9. The second-order valence-electron chi connectivity index (χ2n) is 23.6. The quantitative estimate of drug-likeness (QED) is 0.154. The molecule has 58 heavy (non-hydrogen) atoms. The van der Waals surface area contributed by atoms with Crippen LogP contribution in [0.25, 0.3) is 27.5 Å². The van der Waals surface area contributed by atoms with E-state index < -0.39 is 10.0 Å². The summed E-state index contributed by atoms with van der Waals surface area (Å²) in [5, 5.41) is 3.06. The Balaban J connectivity index is 1.38. The van der Waals surface area contributed by atoms with Crippen LogP contribution in [0.4, 0.5) is 11.4 Å². The molecule has 302 valence electrons. The highest BCUT2D eigenvalue weighted by molar-refractivity contribution is 8.37. The Kier molecular flexibility index (Phi) is 7.46. The van der Waals surface area contributed by atoms with Crippen molar-refractivity contribution in [2.24, 2.45) is 0 Å². The van der Waals surface area contributed by atoms with Gasteiger partial charge in [0, 0.05) is 38.0 Å². The molecule has 4 aliphatic heterocycles. The Morgan fingerprint density at radius 2 is 1.36 bits per heavy atom. The van der Waals surface area contributed by atoms with Gasteiger partial charge in [-0.25, -0.2) is 10.0 Å². The van der Waals surface area contributed by atoms with Gasteiger partial charge in [-0.15, -0.1) is 0 Å². The Hall–Kier alpha value is -3.37. The van der Waals surface area contributed by atoms with Gasteiger partial charge in [0.1, 0.15) is 0 Å². The van der Waals surface area contributed by atoms with Crippen LogP contribution in [0.15, 0.2) is 64.3 Å². The predicted octanol–water partition coefficient (Wildman–Crippen LogP) is 13.6. The summed E-state index contributed by atoms with van der Waals surface area (Å²) in [4.78, 5) is 6.29. The van der Waals surface area contributed by atoms with Crippen LogP contribution in [0.1, 0.15) is 173 Å². The lowest BCUT2D eigenvalue weighted by Crippen LogP contribution is -2.60. The molecule has 2 aliphatic carbocycles. The van der Waals surface area contributed by atoms with Crippen molar-refractivity contribution >= 4 is 66.5 Å². The van der Waals surface area contributed by atoms with Gasteiger partial charge in [-0.05, 0) is 141 Å². The molecule has 0 spiro atoms. The highest BCUT2D eigenvalue weighted by Crippen LogP contribution is 2.70. The van der Waals surface area contributed by atoms with E-state index in [4.69, 9.17) is 0 Å². The summed E-state index contributed by atoms with van der Waals surface area (Å²) in [6.07, 6.45) is 17.1. The monoisotopic (exact) mass is 787 g/mol. The lowest BCUT2D eigenvalue weighted by atomic mass is 9.36. The number of aromatic nitrogens is 1. The maximum absolute atomic E-state index is 3.01. The van der Waals surface area contributed by atoms with Gasteiger partial charge < -0.3 is 9.47 Å². The fourth-order valence-corrected chi connectivity index (χ4v) is 16.1. The molecule has 2 fully saturated rings. The fourth-order valence-electron chi connectivity index (χ4n) is 13.3. The van der Waals surface area contributed by atoms with Crippen LogP contribution in [-0.4, -0.2) is 29.3 Å². The fraction of sp³-hybridized carbons (Fsp3) is 0.519. The van der Waals surface area contributed by atoms with Crippen molar-refractivity contribution in [2.45, 2.75) is 172 Å². The van der Waals surface area contributed by atoms with Crippen LogP contribution in [0.5, 0.6) is 0 Å². The van der Waals surface area contributed by atoms with Gasteiger partial charge in [0.2, 0.25) is 0 Å². The molecule has 4 heteroatoms. The first-order valence-corrected chi connectivity index (χ1v) is 25.4. The Morgan fingerprint density at radius 1 is 0.707 bits per heavy atom. The van der Waals surface area contributed by atoms with E-state index >= 15 is 0 Å². The van der Waals surface area contributed by atoms with Gasteiger partial charge >= 0.3 is 0 Å². The molecule has 11 rings (SSSR count). The first-order valence-electron chi connectivity index (χ1n) is 23.0. The van der Waals surface area contributed by atoms with Crippen molar-refractivity contribution < 1.29 is 0 Å². The molecular weight excluding hydrogens is 719 g/mol. The van der Waals surface area contributed by atoms with Gasteiger partial charge in [-0.1, -0.05) is 126 Å². The summed E-state index contributed by atoms with van der Waals surface area (Å²) < 4.78 is 2.87. The summed E-state index contributed by atoms with van der Waals surface area (Å²) >= 11 is 0.